The molecule has 3 rings (SSSR count). The van der Waals surface area contributed by atoms with Crippen LogP contribution in [0.15, 0.2) is 47.5 Å². The van der Waals surface area contributed by atoms with Gasteiger partial charge in [-0.2, -0.15) is 0 Å². The van der Waals surface area contributed by atoms with E-state index in [4.69, 9.17) is 4.99 Å². The third-order valence-corrected chi connectivity index (χ3v) is 5.70. The molecule has 0 saturated heterocycles. The van der Waals surface area contributed by atoms with Gasteiger partial charge in [0.1, 0.15) is 5.75 Å². The fourth-order valence-electron chi connectivity index (χ4n) is 4.13. The first kappa shape index (κ1) is 19.7. The van der Waals surface area contributed by atoms with E-state index < -0.39 is 0 Å². The fraction of sp³-hybridized carbons (Fsp3) is 0.480. The van der Waals surface area contributed by atoms with E-state index in [1.165, 1.54) is 50.5 Å². The van der Waals surface area contributed by atoms with Crippen LogP contribution >= 0.6 is 0 Å². The summed E-state index contributed by atoms with van der Waals surface area (Å²) in [5.41, 5.74) is 4.06. The van der Waals surface area contributed by atoms with Gasteiger partial charge in [0.25, 0.3) is 0 Å². The molecule has 1 fully saturated rings. The summed E-state index contributed by atoms with van der Waals surface area (Å²) in [5, 5.41) is 10.7. The summed E-state index contributed by atoms with van der Waals surface area (Å²) < 4.78 is 0. The molecule has 144 valence electrons. The Hall–Kier alpha value is -2.09. The van der Waals surface area contributed by atoms with E-state index in [1.54, 1.807) is 0 Å². The molecule has 0 heterocycles. The molecule has 2 heteroatoms. The van der Waals surface area contributed by atoms with Crippen LogP contribution in [0.25, 0.3) is 0 Å². The van der Waals surface area contributed by atoms with Gasteiger partial charge in [0.05, 0.1) is 5.69 Å². The van der Waals surface area contributed by atoms with E-state index in [9.17, 15) is 5.11 Å². The largest absolute Gasteiger partial charge is 0.507 e. The Morgan fingerprint density at radius 1 is 0.889 bits per heavy atom. The SMILES string of the molecule is CC(C)(C)c1cccc(C=Nc2ccccc2C2CCCCCCC2)c1O. The molecule has 0 bridgehead atoms. The number of benzene rings is 2. The lowest BCUT2D eigenvalue weighted by Gasteiger charge is -2.22. The van der Waals surface area contributed by atoms with Crippen molar-refractivity contribution in [2.45, 2.75) is 77.0 Å². The van der Waals surface area contributed by atoms with Crippen molar-refractivity contribution in [3.63, 3.8) is 0 Å². The molecule has 0 unspecified atom stereocenters. The molecule has 1 aliphatic rings. The van der Waals surface area contributed by atoms with Gasteiger partial charge in [-0.05, 0) is 47.4 Å². The van der Waals surface area contributed by atoms with Gasteiger partial charge in [-0.15, -0.1) is 0 Å². The summed E-state index contributed by atoms with van der Waals surface area (Å²) in [6.07, 6.45) is 11.1. The molecule has 2 nitrogen and oxygen atoms in total. The van der Waals surface area contributed by atoms with Crippen LogP contribution in [-0.4, -0.2) is 11.3 Å². The number of aliphatic imine (C=N–C) groups is 1. The first-order valence-corrected chi connectivity index (χ1v) is 10.4. The summed E-state index contributed by atoms with van der Waals surface area (Å²) in [4.78, 5) is 4.80. The normalized spacial score (nSPS) is 17.0. The van der Waals surface area contributed by atoms with E-state index in [-0.39, 0.29) is 5.41 Å². The smallest absolute Gasteiger partial charge is 0.128 e. The Kier molecular flexibility index (Phi) is 6.36. The minimum atomic E-state index is -0.0926. The summed E-state index contributed by atoms with van der Waals surface area (Å²) >= 11 is 0. The molecule has 1 N–H and O–H groups in total. The van der Waals surface area contributed by atoms with Crippen molar-refractivity contribution in [1.82, 2.24) is 0 Å². The second-order valence-electron chi connectivity index (χ2n) is 8.85. The monoisotopic (exact) mass is 363 g/mol. The molecule has 0 spiro atoms. The van der Waals surface area contributed by atoms with Crippen molar-refractivity contribution in [1.29, 1.82) is 0 Å². The van der Waals surface area contributed by atoms with Crippen molar-refractivity contribution in [2.24, 2.45) is 4.99 Å². The van der Waals surface area contributed by atoms with Crippen molar-refractivity contribution < 1.29 is 5.11 Å². The Bertz CT molecular complexity index is 777. The molecule has 0 atom stereocenters. The highest BCUT2D eigenvalue weighted by molar-refractivity contribution is 5.86. The van der Waals surface area contributed by atoms with Gasteiger partial charge in [0.15, 0.2) is 0 Å². The predicted octanol–water partition coefficient (Wildman–Crippen LogP) is 7.27. The average molecular weight is 364 g/mol. The third-order valence-electron chi connectivity index (χ3n) is 5.70. The van der Waals surface area contributed by atoms with E-state index in [1.807, 2.05) is 24.4 Å². The van der Waals surface area contributed by atoms with Crippen LogP contribution in [0.3, 0.4) is 0 Å². The highest BCUT2D eigenvalue weighted by Gasteiger charge is 2.19. The number of phenols is 1. The summed E-state index contributed by atoms with van der Waals surface area (Å²) in [6.45, 7) is 6.35. The molecule has 0 radical (unpaired) electrons. The number of phenolic OH excluding ortho intramolecular Hbond substituents is 1. The summed E-state index contributed by atoms with van der Waals surface area (Å²) in [6, 6.07) is 14.5. The zero-order valence-corrected chi connectivity index (χ0v) is 17.0. The van der Waals surface area contributed by atoms with Crippen LogP contribution in [0, 0.1) is 0 Å². The quantitative estimate of drug-likeness (QED) is 0.571. The van der Waals surface area contributed by atoms with Crippen molar-refractivity contribution in [3.8, 4) is 5.75 Å². The highest BCUT2D eigenvalue weighted by Crippen LogP contribution is 2.37. The van der Waals surface area contributed by atoms with Gasteiger partial charge in [-0.25, -0.2) is 0 Å². The van der Waals surface area contributed by atoms with Crippen molar-refractivity contribution in [3.05, 3.63) is 59.2 Å². The molecule has 0 amide bonds. The number of hydrogen-bond acceptors (Lipinski definition) is 2. The predicted molar refractivity (Wildman–Crippen MR) is 116 cm³/mol. The van der Waals surface area contributed by atoms with E-state index >= 15 is 0 Å². The molecule has 27 heavy (non-hydrogen) atoms. The van der Waals surface area contributed by atoms with Gasteiger partial charge < -0.3 is 5.11 Å². The zero-order valence-electron chi connectivity index (χ0n) is 17.0. The maximum atomic E-state index is 10.7. The second-order valence-corrected chi connectivity index (χ2v) is 8.85. The van der Waals surface area contributed by atoms with E-state index in [0.717, 1.165) is 16.8 Å². The maximum Gasteiger partial charge on any atom is 0.128 e. The topological polar surface area (TPSA) is 32.6 Å². The lowest BCUT2D eigenvalue weighted by molar-refractivity contribution is 0.446. The second kappa shape index (κ2) is 8.73. The highest BCUT2D eigenvalue weighted by atomic mass is 16.3. The maximum absolute atomic E-state index is 10.7. The molecular formula is C25H33NO. The van der Waals surface area contributed by atoms with Crippen LogP contribution in [0.1, 0.15) is 88.3 Å². The van der Waals surface area contributed by atoms with Crippen LogP contribution in [0.4, 0.5) is 5.69 Å². The number of rotatable bonds is 3. The number of nitrogens with zero attached hydrogens (tertiary/aromatic N) is 1. The Morgan fingerprint density at radius 2 is 1.56 bits per heavy atom. The molecule has 2 aromatic rings. The van der Waals surface area contributed by atoms with Crippen LogP contribution < -0.4 is 0 Å². The Morgan fingerprint density at radius 3 is 2.26 bits per heavy atom. The molecule has 1 aliphatic carbocycles. The average Bonchev–Trinajstić information content (AvgIpc) is 2.60. The fourth-order valence-corrected chi connectivity index (χ4v) is 4.13. The lowest BCUT2D eigenvalue weighted by Crippen LogP contribution is -2.11. The van der Waals surface area contributed by atoms with Crippen LogP contribution in [0.2, 0.25) is 0 Å². The Labute approximate surface area is 164 Å². The summed E-state index contributed by atoms with van der Waals surface area (Å²) in [7, 11) is 0. The first-order chi connectivity index (χ1) is 13.0. The van der Waals surface area contributed by atoms with Gasteiger partial charge in [0.2, 0.25) is 0 Å². The van der Waals surface area contributed by atoms with Crippen LogP contribution in [0.5, 0.6) is 5.75 Å². The molecule has 1 saturated carbocycles. The molecule has 0 aromatic heterocycles. The zero-order chi connectivity index (χ0) is 19.3. The van der Waals surface area contributed by atoms with Gasteiger partial charge in [0, 0.05) is 11.8 Å². The van der Waals surface area contributed by atoms with Gasteiger partial charge in [-0.3, -0.25) is 4.99 Å². The van der Waals surface area contributed by atoms with E-state index in [2.05, 4.69) is 45.0 Å². The first-order valence-electron chi connectivity index (χ1n) is 10.4. The van der Waals surface area contributed by atoms with Gasteiger partial charge in [-0.1, -0.05) is 83.2 Å². The van der Waals surface area contributed by atoms with Crippen LogP contribution in [-0.2, 0) is 5.41 Å². The third kappa shape index (κ3) is 5.00. The molecular weight excluding hydrogens is 330 g/mol. The van der Waals surface area contributed by atoms with Crippen molar-refractivity contribution >= 4 is 11.9 Å². The van der Waals surface area contributed by atoms with Gasteiger partial charge >= 0.3 is 0 Å². The number of para-hydroxylation sites is 2. The van der Waals surface area contributed by atoms with Crippen molar-refractivity contribution in [2.75, 3.05) is 0 Å². The minimum absolute atomic E-state index is 0.0926. The summed E-state index contributed by atoms with van der Waals surface area (Å²) in [5.74, 6) is 0.949. The molecule has 0 aliphatic heterocycles. The number of hydrogen-bond donors (Lipinski definition) is 1. The lowest BCUT2D eigenvalue weighted by atomic mass is 9.85. The standard InChI is InChI=1S/C25H33NO/c1-25(2,3)22-16-11-14-20(24(22)27)18-26-23-17-10-9-15-21(23)19-12-7-5-4-6-8-13-19/h9-11,14-19,27H,4-8,12-13H2,1-3H3. The minimum Gasteiger partial charge on any atom is -0.507 e. The Balaban J connectivity index is 1.88. The van der Waals surface area contributed by atoms with E-state index in [0.29, 0.717) is 11.7 Å². The number of aromatic hydroxyl groups is 1. The molecule has 2 aromatic carbocycles.